The van der Waals surface area contributed by atoms with Gasteiger partial charge < -0.3 is 20.1 Å². The third-order valence-corrected chi connectivity index (χ3v) is 3.95. The Morgan fingerprint density at radius 1 is 1.53 bits per heavy atom. The molecule has 2 unspecified atom stereocenters. The number of rotatable bonds is 4. The van der Waals surface area contributed by atoms with Crippen LogP contribution in [-0.2, 0) is 9.53 Å². The molecule has 6 heteroatoms. The van der Waals surface area contributed by atoms with Crippen LogP contribution >= 0.6 is 0 Å². The van der Waals surface area contributed by atoms with Gasteiger partial charge >= 0.3 is 12.0 Å². The molecule has 2 rings (SSSR count). The molecule has 0 aliphatic carbocycles. The summed E-state index contributed by atoms with van der Waals surface area (Å²) in [6.07, 6.45) is 2.01. The number of carbonyl (C=O) groups is 2. The summed E-state index contributed by atoms with van der Waals surface area (Å²) in [5, 5.41) is 11.2. The van der Waals surface area contributed by atoms with Gasteiger partial charge in [-0.05, 0) is 18.8 Å². The first-order valence-corrected chi connectivity index (χ1v) is 6.86. The first kappa shape index (κ1) is 14.1. The predicted octanol–water partition coefficient (Wildman–Crippen LogP) is 1.06. The highest BCUT2D eigenvalue weighted by Gasteiger charge is 2.58. The second-order valence-corrected chi connectivity index (χ2v) is 5.71. The Balaban J connectivity index is 1.90. The molecule has 2 aliphatic heterocycles. The van der Waals surface area contributed by atoms with Gasteiger partial charge in [0.1, 0.15) is 5.60 Å². The van der Waals surface area contributed by atoms with E-state index in [0.717, 1.165) is 19.4 Å². The monoisotopic (exact) mass is 270 g/mol. The number of amides is 2. The summed E-state index contributed by atoms with van der Waals surface area (Å²) >= 11 is 0. The summed E-state index contributed by atoms with van der Waals surface area (Å²) in [7, 11) is 0. The van der Waals surface area contributed by atoms with Gasteiger partial charge in [-0.3, -0.25) is 4.79 Å². The maximum absolute atomic E-state index is 12.0. The van der Waals surface area contributed by atoms with E-state index in [-0.39, 0.29) is 30.6 Å². The molecule has 2 heterocycles. The lowest BCUT2D eigenvalue weighted by atomic mass is 9.75. The summed E-state index contributed by atoms with van der Waals surface area (Å²) in [4.78, 5) is 24.2. The van der Waals surface area contributed by atoms with Crippen molar-refractivity contribution in [1.82, 2.24) is 10.2 Å². The minimum Gasteiger partial charge on any atom is -0.481 e. The van der Waals surface area contributed by atoms with Gasteiger partial charge in [0.05, 0.1) is 19.0 Å². The molecular weight excluding hydrogens is 248 g/mol. The second-order valence-electron chi connectivity index (χ2n) is 5.71. The molecule has 0 aromatic carbocycles. The van der Waals surface area contributed by atoms with Crippen LogP contribution in [0, 0.1) is 5.92 Å². The van der Waals surface area contributed by atoms with E-state index in [1.807, 2.05) is 0 Å². The molecule has 2 atom stereocenters. The SMILES string of the molecule is CC(C)C1N(C(=O)NCCC(=O)O)CC12CCCO2. The summed E-state index contributed by atoms with van der Waals surface area (Å²) in [6, 6.07) is -0.0825. The van der Waals surface area contributed by atoms with Crippen molar-refractivity contribution in [1.29, 1.82) is 0 Å². The van der Waals surface area contributed by atoms with Crippen molar-refractivity contribution in [2.24, 2.45) is 5.92 Å². The predicted molar refractivity (Wildman–Crippen MR) is 68.9 cm³/mol. The number of urea groups is 1. The fraction of sp³-hybridized carbons (Fsp3) is 0.846. The zero-order chi connectivity index (χ0) is 14.0. The van der Waals surface area contributed by atoms with Crippen molar-refractivity contribution in [2.75, 3.05) is 19.7 Å². The molecule has 108 valence electrons. The molecule has 0 aromatic rings. The van der Waals surface area contributed by atoms with Crippen LogP contribution in [0.5, 0.6) is 0 Å². The van der Waals surface area contributed by atoms with Gasteiger partial charge in [-0.2, -0.15) is 0 Å². The summed E-state index contributed by atoms with van der Waals surface area (Å²) in [5.74, 6) is -0.572. The maximum Gasteiger partial charge on any atom is 0.317 e. The van der Waals surface area contributed by atoms with Gasteiger partial charge in [0.2, 0.25) is 0 Å². The second kappa shape index (κ2) is 5.36. The fourth-order valence-corrected chi connectivity index (χ4v) is 3.27. The topological polar surface area (TPSA) is 78.9 Å². The molecule has 2 saturated heterocycles. The number of nitrogens with one attached hydrogen (secondary N) is 1. The Labute approximate surface area is 113 Å². The van der Waals surface area contributed by atoms with Crippen LogP contribution in [-0.4, -0.2) is 53.3 Å². The lowest BCUT2D eigenvalue weighted by molar-refractivity contribution is -0.154. The zero-order valence-corrected chi connectivity index (χ0v) is 11.5. The first-order valence-electron chi connectivity index (χ1n) is 6.86. The average molecular weight is 270 g/mol. The molecule has 1 spiro atoms. The Bertz CT molecular complexity index is 364. The number of likely N-dealkylation sites (tertiary alicyclic amines) is 1. The van der Waals surface area contributed by atoms with Crippen molar-refractivity contribution >= 4 is 12.0 Å². The third-order valence-electron chi connectivity index (χ3n) is 3.95. The van der Waals surface area contributed by atoms with Crippen LogP contribution in [0.4, 0.5) is 4.79 Å². The van der Waals surface area contributed by atoms with E-state index in [1.54, 1.807) is 4.90 Å². The molecule has 0 aromatic heterocycles. The van der Waals surface area contributed by atoms with Crippen molar-refractivity contribution in [2.45, 2.75) is 44.8 Å². The van der Waals surface area contributed by atoms with Gasteiger partial charge in [-0.15, -0.1) is 0 Å². The molecule has 6 nitrogen and oxygen atoms in total. The molecule has 19 heavy (non-hydrogen) atoms. The van der Waals surface area contributed by atoms with E-state index in [0.29, 0.717) is 12.5 Å². The smallest absolute Gasteiger partial charge is 0.317 e. The normalized spacial score (nSPS) is 29.6. The minimum absolute atomic E-state index is 0.0480. The minimum atomic E-state index is -0.903. The summed E-state index contributed by atoms with van der Waals surface area (Å²) in [6.45, 7) is 5.74. The summed E-state index contributed by atoms with van der Waals surface area (Å²) in [5.41, 5.74) is -0.154. The lowest BCUT2D eigenvalue weighted by Gasteiger charge is -2.56. The van der Waals surface area contributed by atoms with Crippen LogP contribution < -0.4 is 5.32 Å². The molecule has 2 amide bonds. The Kier molecular flexibility index (Phi) is 3.99. The number of hydrogen-bond donors (Lipinski definition) is 2. The molecule has 0 radical (unpaired) electrons. The number of carbonyl (C=O) groups excluding carboxylic acids is 1. The van der Waals surface area contributed by atoms with Gasteiger partial charge in [0.25, 0.3) is 0 Å². The van der Waals surface area contributed by atoms with Crippen LogP contribution in [0.1, 0.15) is 33.1 Å². The molecular formula is C13H22N2O4. The number of aliphatic carboxylic acids is 1. The van der Waals surface area contributed by atoms with Gasteiger partial charge in [-0.25, -0.2) is 4.79 Å². The van der Waals surface area contributed by atoms with E-state index in [1.165, 1.54) is 0 Å². The lowest BCUT2D eigenvalue weighted by Crippen LogP contribution is -2.73. The van der Waals surface area contributed by atoms with Crippen molar-refractivity contribution in [3.8, 4) is 0 Å². The molecule has 0 bridgehead atoms. The maximum atomic E-state index is 12.0. The number of carboxylic acids is 1. The Morgan fingerprint density at radius 3 is 2.79 bits per heavy atom. The van der Waals surface area contributed by atoms with E-state index in [9.17, 15) is 9.59 Å². The molecule has 0 saturated carbocycles. The molecule has 2 aliphatic rings. The average Bonchev–Trinajstić information content (AvgIpc) is 2.75. The Morgan fingerprint density at radius 2 is 2.26 bits per heavy atom. The van der Waals surface area contributed by atoms with Crippen LogP contribution in [0.2, 0.25) is 0 Å². The highest BCUT2D eigenvalue weighted by molar-refractivity contribution is 5.77. The standard InChI is InChI=1S/C13H22N2O4/c1-9(2)11-13(5-3-7-19-13)8-15(11)12(18)14-6-4-10(16)17/h9,11H,3-8H2,1-2H3,(H,14,18)(H,16,17). The fourth-order valence-electron chi connectivity index (χ4n) is 3.27. The summed E-state index contributed by atoms with van der Waals surface area (Å²) < 4.78 is 5.86. The highest BCUT2D eigenvalue weighted by Crippen LogP contribution is 2.44. The van der Waals surface area contributed by atoms with Gasteiger partial charge in [-0.1, -0.05) is 13.8 Å². The van der Waals surface area contributed by atoms with Crippen molar-refractivity contribution in [3.63, 3.8) is 0 Å². The van der Waals surface area contributed by atoms with E-state index < -0.39 is 5.97 Å². The van der Waals surface area contributed by atoms with Crippen molar-refractivity contribution in [3.05, 3.63) is 0 Å². The van der Waals surface area contributed by atoms with E-state index >= 15 is 0 Å². The quantitative estimate of drug-likeness (QED) is 0.800. The molecule has 2 fully saturated rings. The van der Waals surface area contributed by atoms with E-state index in [2.05, 4.69) is 19.2 Å². The van der Waals surface area contributed by atoms with Crippen LogP contribution in [0.15, 0.2) is 0 Å². The van der Waals surface area contributed by atoms with Crippen LogP contribution in [0.25, 0.3) is 0 Å². The largest absolute Gasteiger partial charge is 0.481 e. The third kappa shape index (κ3) is 2.68. The zero-order valence-electron chi connectivity index (χ0n) is 11.5. The number of carboxylic acid groups (broad SMARTS) is 1. The first-order chi connectivity index (χ1) is 8.96. The Hall–Kier alpha value is -1.30. The van der Waals surface area contributed by atoms with Gasteiger partial charge in [0, 0.05) is 13.2 Å². The number of nitrogens with zero attached hydrogens (tertiary/aromatic N) is 1. The van der Waals surface area contributed by atoms with Crippen molar-refractivity contribution < 1.29 is 19.4 Å². The van der Waals surface area contributed by atoms with Gasteiger partial charge in [0.15, 0.2) is 0 Å². The van der Waals surface area contributed by atoms with E-state index in [4.69, 9.17) is 9.84 Å². The number of ether oxygens (including phenoxy) is 1. The number of hydrogen-bond acceptors (Lipinski definition) is 3. The molecule has 2 N–H and O–H groups in total. The van der Waals surface area contributed by atoms with Crippen LogP contribution in [0.3, 0.4) is 0 Å². The highest BCUT2D eigenvalue weighted by atomic mass is 16.5.